The molecule has 0 aromatic rings. The lowest BCUT2D eigenvalue weighted by Gasteiger charge is -2.13. The average Bonchev–Trinajstić information content (AvgIpc) is 2.09. The van der Waals surface area contributed by atoms with Crippen molar-refractivity contribution in [2.75, 3.05) is 0 Å². The third-order valence-electron chi connectivity index (χ3n) is 1.93. The van der Waals surface area contributed by atoms with Crippen LogP contribution in [-0.4, -0.2) is 17.9 Å². The predicted octanol–water partition coefficient (Wildman–Crippen LogP) is 0.917. The van der Waals surface area contributed by atoms with Gasteiger partial charge in [0.25, 0.3) is 0 Å². The Morgan fingerprint density at radius 1 is 1.55 bits per heavy atom. The SMILES string of the molecule is CC(=O)O[C@H]1CC(=O)C[C@@H]1C. The Labute approximate surface area is 65.7 Å². The van der Waals surface area contributed by atoms with E-state index in [1.165, 1.54) is 6.92 Å². The van der Waals surface area contributed by atoms with Gasteiger partial charge in [0.2, 0.25) is 0 Å². The van der Waals surface area contributed by atoms with E-state index in [4.69, 9.17) is 4.74 Å². The van der Waals surface area contributed by atoms with Crippen LogP contribution >= 0.6 is 0 Å². The quantitative estimate of drug-likeness (QED) is 0.530. The van der Waals surface area contributed by atoms with Gasteiger partial charge >= 0.3 is 5.97 Å². The highest BCUT2D eigenvalue weighted by Crippen LogP contribution is 2.24. The number of Topliss-reactive ketones (excluding diaryl/α,β-unsaturated/α-hetero) is 1. The number of hydrogen-bond acceptors (Lipinski definition) is 3. The number of rotatable bonds is 1. The van der Waals surface area contributed by atoms with Crippen LogP contribution in [0.4, 0.5) is 0 Å². The van der Waals surface area contributed by atoms with Crippen molar-refractivity contribution in [2.24, 2.45) is 5.92 Å². The zero-order valence-corrected chi connectivity index (χ0v) is 6.79. The van der Waals surface area contributed by atoms with Gasteiger partial charge in [-0.2, -0.15) is 0 Å². The van der Waals surface area contributed by atoms with E-state index in [9.17, 15) is 9.59 Å². The summed E-state index contributed by atoms with van der Waals surface area (Å²) < 4.78 is 4.93. The summed E-state index contributed by atoms with van der Waals surface area (Å²) in [7, 11) is 0. The molecule has 62 valence electrons. The first kappa shape index (κ1) is 8.24. The summed E-state index contributed by atoms with van der Waals surface area (Å²) in [6.07, 6.45) is 0.790. The Bertz CT molecular complexity index is 186. The van der Waals surface area contributed by atoms with Crippen molar-refractivity contribution < 1.29 is 14.3 Å². The molecule has 0 N–H and O–H groups in total. The van der Waals surface area contributed by atoms with Crippen molar-refractivity contribution >= 4 is 11.8 Å². The lowest BCUT2D eigenvalue weighted by molar-refractivity contribution is -0.147. The largest absolute Gasteiger partial charge is 0.462 e. The average molecular weight is 156 g/mol. The molecule has 0 unspecified atom stereocenters. The third kappa shape index (κ3) is 2.03. The van der Waals surface area contributed by atoms with Crippen LogP contribution in [0.15, 0.2) is 0 Å². The summed E-state index contributed by atoms with van der Waals surface area (Å²) in [4.78, 5) is 21.4. The van der Waals surface area contributed by atoms with Gasteiger partial charge in [0, 0.05) is 25.7 Å². The van der Waals surface area contributed by atoms with Crippen LogP contribution in [0.2, 0.25) is 0 Å². The van der Waals surface area contributed by atoms with Gasteiger partial charge in [-0.1, -0.05) is 6.92 Å². The van der Waals surface area contributed by atoms with E-state index in [0.29, 0.717) is 12.8 Å². The van der Waals surface area contributed by atoms with Gasteiger partial charge in [-0.3, -0.25) is 9.59 Å². The van der Waals surface area contributed by atoms with Crippen molar-refractivity contribution in [2.45, 2.75) is 32.8 Å². The summed E-state index contributed by atoms with van der Waals surface area (Å²) in [6, 6.07) is 0. The van der Waals surface area contributed by atoms with Crippen LogP contribution in [-0.2, 0) is 14.3 Å². The molecule has 0 aliphatic heterocycles. The predicted molar refractivity (Wildman–Crippen MR) is 39.0 cm³/mol. The molecule has 0 saturated heterocycles. The molecule has 0 amide bonds. The number of carbonyl (C=O) groups excluding carboxylic acids is 2. The Morgan fingerprint density at radius 3 is 2.55 bits per heavy atom. The lowest BCUT2D eigenvalue weighted by Crippen LogP contribution is -2.18. The maximum absolute atomic E-state index is 10.9. The molecule has 0 radical (unpaired) electrons. The van der Waals surface area contributed by atoms with E-state index in [1.54, 1.807) is 0 Å². The molecular weight excluding hydrogens is 144 g/mol. The zero-order chi connectivity index (χ0) is 8.43. The van der Waals surface area contributed by atoms with E-state index < -0.39 is 0 Å². The van der Waals surface area contributed by atoms with Crippen molar-refractivity contribution in [3.63, 3.8) is 0 Å². The Morgan fingerprint density at radius 2 is 2.18 bits per heavy atom. The minimum atomic E-state index is -0.295. The second-order valence-electron chi connectivity index (χ2n) is 3.07. The molecule has 3 nitrogen and oxygen atoms in total. The normalized spacial score (nSPS) is 30.5. The highest BCUT2D eigenvalue weighted by atomic mass is 16.5. The molecule has 1 aliphatic rings. The first-order valence-electron chi connectivity index (χ1n) is 3.78. The fourth-order valence-electron chi connectivity index (χ4n) is 1.37. The number of hydrogen-bond donors (Lipinski definition) is 0. The molecule has 1 aliphatic carbocycles. The monoisotopic (exact) mass is 156 g/mol. The Hall–Kier alpha value is -0.860. The number of ether oxygens (including phenoxy) is 1. The van der Waals surface area contributed by atoms with E-state index in [-0.39, 0.29) is 23.8 Å². The van der Waals surface area contributed by atoms with Crippen LogP contribution in [0.3, 0.4) is 0 Å². The van der Waals surface area contributed by atoms with E-state index in [2.05, 4.69) is 0 Å². The Balaban J connectivity index is 2.46. The van der Waals surface area contributed by atoms with Gasteiger partial charge < -0.3 is 4.74 Å². The molecule has 1 saturated carbocycles. The molecule has 0 aromatic carbocycles. The third-order valence-corrected chi connectivity index (χ3v) is 1.93. The molecule has 0 heterocycles. The molecule has 1 fully saturated rings. The summed E-state index contributed by atoms with van der Waals surface area (Å²) in [5.74, 6) is 0.103. The number of esters is 1. The molecule has 0 spiro atoms. The minimum Gasteiger partial charge on any atom is -0.462 e. The van der Waals surface area contributed by atoms with E-state index in [1.807, 2.05) is 6.92 Å². The zero-order valence-electron chi connectivity index (χ0n) is 6.79. The number of carbonyl (C=O) groups is 2. The summed E-state index contributed by atoms with van der Waals surface area (Å²) in [5, 5.41) is 0. The fourth-order valence-corrected chi connectivity index (χ4v) is 1.37. The molecule has 11 heavy (non-hydrogen) atoms. The topological polar surface area (TPSA) is 43.4 Å². The van der Waals surface area contributed by atoms with Gasteiger partial charge in [0.15, 0.2) is 0 Å². The first-order chi connectivity index (χ1) is 5.09. The summed E-state index contributed by atoms with van der Waals surface area (Å²) in [6.45, 7) is 3.30. The fraction of sp³-hybridized carbons (Fsp3) is 0.750. The smallest absolute Gasteiger partial charge is 0.302 e. The summed E-state index contributed by atoms with van der Waals surface area (Å²) in [5.41, 5.74) is 0. The van der Waals surface area contributed by atoms with Crippen molar-refractivity contribution in [3.8, 4) is 0 Å². The van der Waals surface area contributed by atoms with Crippen molar-refractivity contribution in [1.82, 2.24) is 0 Å². The molecule has 1 rings (SSSR count). The van der Waals surface area contributed by atoms with Gasteiger partial charge in [0.05, 0.1) is 0 Å². The Kier molecular flexibility index (Phi) is 2.27. The number of ketones is 1. The van der Waals surface area contributed by atoms with Crippen LogP contribution < -0.4 is 0 Å². The highest BCUT2D eigenvalue weighted by Gasteiger charge is 2.31. The lowest BCUT2D eigenvalue weighted by atomic mass is 10.1. The summed E-state index contributed by atoms with van der Waals surface area (Å²) >= 11 is 0. The highest BCUT2D eigenvalue weighted by molar-refractivity contribution is 5.82. The molecule has 2 atom stereocenters. The molecular formula is C8H12O3. The van der Waals surface area contributed by atoms with Gasteiger partial charge in [0.1, 0.15) is 11.9 Å². The van der Waals surface area contributed by atoms with Gasteiger partial charge in [-0.15, -0.1) is 0 Å². The molecule has 3 heteroatoms. The van der Waals surface area contributed by atoms with Crippen molar-refractivity contribution in [3.05, 3.63) is 0 Å². The van der Waals surface area contributed by atoms with Gasteiger partial charge in [-0.05, 0) is 0 Å². The van der Waals surface area contributed by atoms with E-state index in [0.717, 1.165) is 0 Å². The standard InChI is InChI=1S/C8H12O3/c1-5-3-7(10)4-8(5)11-6(2)9/h5,8H,3-4H2,1-2H3/t5-,8-/m0/s1. The van der Waals surface area contributed by atoms with Gasteiger partial charge in [-0.25, -0.2) is 0 Å². The first-order valence-corrected chi connectivity index (χ1v) is 3.78. The van der Waals surface area contributed by atoms with Crippen LogP contribution in [0.5, 0.6) is 0 Å². The second-order valence-corrected chi connectivity index (χ2v) is 3.07. The van der Waals surface area contributed by atoms with Crippen LogP contribution in [0.1, 0.15) is 26.7 Å². The second kappa shape index (κ2) is 3.03. The molecule has 0 aromatic heterocycles. The maximum atomic E-state index is 10.9. The van der Waals surface area contributed by atoms with E-state index >= 15 is 0 Å². The van der Waals surface area contributed by atoms with Crippen LogP contribution in [0, 0.1) is 5.92 Å². The van der Waals surface area contributed by atoms with Crippen LogP contribution in [0.25, 0.3) is 0 Å². The minimum absolute atomic E-state index is 0.167. The van der Waals surface area contributed by atoms with Crippen molar-refractivity contribution in [1.29, 1.82) is 0 Å². The maximum Gasteiger partial charge on any atom is 0.302 e. The molecule has 0 bridgehead atoms.